The Bertz CT molecular complexity index is 313. The molecule has 0 spiro atoms. The van der Waals surface area contributed by atoms with Crippen LogP contribution in [0.5, 0.6) is 5.75 Å². The molecule has 0 aliphatic carbocycles. The number of hydrogen-bond donors (Lipinski definition) is 3. The van der Waals surface area contributed by atoms with E-state index in [4.69, 9.17) is 0 Å². The van der Waals surface area contributed by atoms with Gasteiger partial charge in [0.15, 0.2) is 6.29 Å². The molecular formula is C10H14N2O2. The third-order valence-corrected chi connectivity index (χ3v) is 1.86. The van der Waals surface area contributed by atoms with Crippen LogP contribution in [0.25, 0.3) is 0 Å². The number of aldehydes is 1. The molecule has 0 atom stereocenters. The molecule has 0 aliphatic rings. The van der Waals surface area contributed by atoms with Crippen LogP contribution in [0.2, 0.25) is 0 Å². The maximum atomic E-state index is 10.5. The minimum atomic E-state index is 0.0131. The van der Waals surface area contributed by atoms with Gasteiger partial charge in [-0.2, -0.15) is 0 Å². The molecule has 0 aliphatic heterocycles. The molecule has 0 heterocycles. The Morgan fingerprint density at radius 2 is 2.21 bits per heavy atom. The zero-order valence-corrected chi connectivity index (χ0v) is 8.08. The first-order valence-electron chi connectivity index (χ1n) is 4.44. The fourth-order valence-electron chi connectivity index (χ4n) is 1.09. The highest BCUT2D eigenvalue weighted by molar-refractivity contribution is 5.81. The molecule has 0 unspecified atom stereocenters. The molecule has 0 radical (unpaired) electrons. The van der Waals surface area contributed by atoms with E-state index >= 15 is 0 Å². The van der Waals surface area contributed by atoms with Crippen molar-refractivity contribution in [2.45, 2.75) is 0 Å². The Balaban J connectivity index is 2.64. The van der Waals surface area contributed by atoms with Crippen molar-refractivity contribution in [2.75, 3.05) is 25.5 Å². The summed E-state index contributed by atoms with van der Waals surface area (Å²) in [6, 6.07) is 4.86. The second-order valence-corrected chi connectivity index (χ2v) is 2.92. The molecule has 4 heteroatoms. The van der Waals surface area contributed by atoms with Crippen LogP contribution in [-0.2, 0) is 0 Å². The van der Waals surface area contributed by atoms with Crippen molar-refractivity contribution in [2.24, 2.45) is 0 Å². The van der Waals surface area contributed by atoms with E-state index in [-0.39, 0.29) is 5.75 Å². The largest absolute Gasteiger partial charge is 0.507 e. The molecule has 0 saturated carbocycles. The lowest BCUT2D eigenvalue weighted by molar-refractivity contribution is 0.112. The molecule has 14 heavy (non-hydrogen) atoms. The molecule has 1 aromatic carbocycles. The van der Waals surface area contributed by atoms with E-state index in [2.05, 4.69) is 10.6 Å². The van der Waals surface area contributed by atoms with E-state index in [1.807, 2.05) is 7.05 Å². The second kappa shape index (κ2) is 5.24. The zero-order valence-electron chi connectivity index (χ0n) is 8.08. The first kappa shape index (κ1) is 10.5. The number of benzene rings is 1. The van der Waals surface area contributed by atoms with E-state index in [1.54, 1.807) is 12.1 Å². The van der Waals surface area contributed by atoms with Gasteiger partial charge >= 0.3 is 0 Å². The van der Waals surface area contributed by atoms with Crippen molar-refractivity contribution in [1.82, 2.24) is 5.32 Å². The second-order valence-electron chi connectivity index (χ2n) is 2.92. The van der Waals surface area contributed by atoms with Gasteiger partial charge in [0.25, 0.3) is 0 Å². The van der Waals surface area contributed by atoms with Gasteiger partial charge < -0.3 is 15.7 Å². The van der Waals surface area contributed by atoms with Gasteiger partial charge in [-0.3, -0.25) is 4.79 Å². The summed E-state index contributed by atoms with van der Waals surface area (Å²) < 4.78 is 0. The van der Waals surface area contributed by atoms with Crippen LogP contribution in [0.3, 0.4) is 0 Å². The lowest BCUT2D eigenvalue weighted by Gasteiger charge is -2.06. The number of nitrogens with one attached hydrogen (secondary N) is 2. The van der Waals surface area contributed by atoms with Crippen LogP contribution in [0.1, 0.15) is 10.4 Å². The normalized spacial score (nSPS) is 9.79. The zero-order chi connectivity index (χ0) is 10.4. The van der Waals surface area contributed by atoms with Crippen LogP contribution in [0.4, 0.5) is 5.69 Å². The Labute approximate surface area is 82.9 Å². The smallest absolute Gasteiger partial charge is 0.153 e. The van der Waals surface area contributed by atoms with Crippen LogP contribution >= 0.6 is 0 Å². The topological polar surface area (TPSA) is 61.4 Å². The average molecular weight is 194 g/mol. The standard InChI is InChI=1S/C10H14N2O2/c1-11-4-5-12-9-2-3-10(14)8(6-9)7-13/h2-3,6-7,11-12,14H,4-5H2,1H3. The number of carbonyl (C=O) groups is 1. The Morgan fingerprint density at radius 3 is 2.86 bits per heavy atom. The van der Waals surface area contributed by atoms with Crippen molar-refractivity contribution < 1.29 is 9.90 Å². The van der Waals surface area contributed by atoms with Crippen molar-refractivity contribution >= 4 is 12.0 Å². The summed E-state index contributed by atoms with van der Waals surface area (Å²) in [4.78, 5) is 10.5. The fourth-order valence-corrected chi connectivity index (χ4v) is 1.09. The van der Waals surface area contributed by atoms with Gasteiger partial charge in [0.2, 0.25) is 0 Å². The summed E-state index contributed by atoms with van der Waals surface area (Å²) in [6.07, 6.45) is 0.637. The summed E-state index contributed by atoms with van der Waals surface area (Å²) in [5.41, 5.74) is 1.14. The van der Waals surface area contributed by atoms with Gasteiger partial charge in [0.05, 0.1) is 5.56 Å². The summed E-state index contributed by atoms with van der Waals surface area (Å²) >= 11 is 0. The summed E-state index contributed by atoms with van der Waals surface area (Å²) in [7, 11) is 1.87. The van der Waals surface area contributed by atoms with Gasteiger partial charge in [-0.05, 0) is 25.2 Å². The minimum Gasteiger partial charge on any atom is -0.507 e. The van der Waals surface area contributed by atoms with Crippen molar-refractivity contribution in [3.8, 4) is 5.75 Å². The van der Waals surface area contributed by atoms with Gasteiger partial charge in [0.1, 0.15) is 5.75 Å². The van der Waals surface area contributed by atoms with Crippen LogP contribution in [0, 0.1) is 0 Å². The molecule has 3 N–H and O–H groups in total. The van der Waals surface area contributed by atoms with Crippen molar-refractivity contribution in [1.29, 1.82) is 0 Å². The predicted molar refractivity (Wildman–Crippen MR) is 55.9 cm³/mol. The molecule has 0 aromatic heterocycles. The highest BCUT2D eigenvalue weighted by Gasteiger charge is 2.00. The Morgan fingerprint density at radius 1 is 1.43 bits per heavy atom. The number of phenolic OH excluding ortho intramolecular Hbond substituents is 1. The Hall–Kier alpha value is -1.55. The molecule has 1 rings (SSSR count). The highest BCUT2D eigenvalue weighted by Crippen LogP contribution is 2.19. The maximum Gasteiger partial charge on any atom is 0.153 e. The number of carbonyl (C=O) groups excluding carboxylic acids is 1. The van der Waals surface area contributed by atoms with Gasteiger partial charge in [-0.25, -0.2) is 0 Å². The van der Waals surface area contributed by atoms with Crippen LogP contribution < -0.4 is 10.6 Å². The first-order valence-corrected chi connectivity index (χ1v) is 4.44. The molecule has 76 valence electrons. The lowest BCUT2D eigenvalue weighted by Crippen LogP contribution is -2.17. The van der Waals surface area contributed by atoms with Crippen LogP contribution in [-0.4, -0.2) is 31.5 Å². The summed E-state index contributed by atoms with van der Waals surface area (Å²) in [6.45, 7) is 1.62. The van der Waals surface area contributed by atoms with E-state index < -0.39 is 0 Å². The monoisotopic (exact) mass is 194 g/mol. The number of phenols is 1. The Kier molecular flexibility index (Phi) is 3.94. The number of rotatable bonds is 5. The number of hydrogen-bond acceptors (Lipinski definition) is 4. The van der Waals surface area contributed by atoms with Crippen LogP contribution in [0.15, 0.2) is 18.2 Å². The first-order chi connectivity index (χ1) is 6.77. The van der Waals surface area contributed by atoms with E-state index in [0.717, 1.165) is 18.8 Å². The summed E-state index contributed by atoms with van der Waals surface area (Å²) in [5, 5.41) is 15.3. The molecule has 0 amide bonds. The van der Waals surface area contributed by atoms with E-state index in [9.17, 15) is 9.90 Å². The van der Waals surface area contributed by atoms with Crippen molar-refractivity contribution in [3.63, 3.8) is 0 Å². The molecule has 4 nitrogen and oxygen atoms in total. The maximum absolute atomic E-state index is 10.5. The number of anilines is 1. The third-order valence-electron chi connectivity index (χ3n) is 1.86. The van der Waals surface area contributed by atoms with Crippen molar-refractivity contribution in [3.05, 3.63) is 23.8 Å². The van der Waals surface area contributed by atoms with Gasteiger partial charge in [-0.1, -0.05) is 0 Å². The molecular weight excluding hydrogens is 180 g/mol. The highest BCUT2D eigenvalue weighted by atomic mass is 16.3. The third kappa shape index (κ3) is 2.74. The predicted octanol–water partition coefficient (Wildman–Crippen LogP) is 0.836. The fraction of sp³-hybridized carbons (Fsp3) is 0.300. The quantitative estimate of drug-likeness (QED) is 0.369. The molecule has 0 fully saturated rings. The molecule has 0 saturated heterocycles. The van der Waals surface area contributed by atoms with Gasteiger partial charge in [0, 0.05) is 18.8 Å². The molecule has 0 bridgehead atoms. The molecule has 1 aromatic rings. The average Bonchev–Trinajstić information content (AvgIpc) is 2.21. The number of likely N-dealkylation sites (N-methyl/N-ethyl adjacent to an activating group) is 1. The van der Waals surface area contributed by atoms with E-state index in [1.165, 1.54) is 6.07 Å². The number of aromatic hydroxyl groups is 1. The van der Waals surface area contributed by atoms with Gasteiger partial charge in [-0.15, -0.1) is 0 Å². The summed E-state index contributed by atoms with van der Waals surface area (Å²) in [5.74, 6) is 0.0131. The minimum absolute atomic E-state index is 0.0131. The lowest BCUT2D eigenvalue weighted by atomic mass is 10.2. The van der Waals surface area contributed by atoms with E-state index in [0.29, 0.717) is 11.8 Å². The SMILES string of the molecule is CNCCNc1ccc(O)c(C=O)c1.